The van der Waals surface area contributed by atoms with Crippen molar-refractivity contribution in [1.29, 1.82) is 10.5 Å². The van der Waals surface area contributed by atoms with Crippen LogP contribution in [-0.4, -0.2) is 21.8 Å². The number of halogens is 3. The fraction of sp³-hybridized carbons (Fsp3) is 0.0857. The van der Waals surface area contributed by atoms with Gasteiger partial charge in [0.2, 0.25) is 0 Å². The molecule has 0 aliphatic heterocycles. The van der Waals surface area contributed by atoms with Gasteiger partial charge in [-0.05, 0) is 91.6 Å². The lowest BCUT2D eigenvalue weighted by Crippen LogP contribution is -2.12. The van der Waals surface area contributed by atoms with Crippen LogP contribution in [0.1, 0.15) is 48.8 Å². The first kappa shape index (κ1) is 31.8. The smallest absolute Gasteiger partial charge is 0.265 e. The van der Waals surface area contributed by atoms with Gasteiger partial charge in [0.25, 0.3) is 11.8 Å². The van der Waals surface area contributed by atoms with Gasteiger partial charge in [-0.25, -0.2) is 4.39 Å². The summed E-state index contributed by atoms with van der Waals surface area (Å²) in [5.41, 5.74) is 18.6. The summed E-state index contributed by atoms with van der Waals surface area (Å²) in [5.74, 6) is -1.40. The maximum absolute atomic E-state index is 13.5. The van der Waals surface area contributed by atoms with Crippen LogP contribution in [0.25, 0.3) is 44.1 Å². The lowest BCUT2D eigenvalue weighted by Gasteiger charge is -2.08. The summed E-state index contributed by atoms with van der Waals surface area (Å²) in [6, 6.07) is 21.0. The average molecular weight is 652 g/mol. The molecule has 11 heteroatoms. The fourth-order valence-corrected chi connectivity index (χ4v) is 5.94. The van der Waals surface area contributed by atoms with Gasteiger partial charge < -0.3 is 21.4 Å². The van der Waals surface area contributed by atoms with Crippen LogP contribution in [0.4, 0.5) is 4.39 Å². The number of nitrogens with two attached hydrogens (primary N) is 2. The topological polar surface area (TPSA) is 165 Å². The molecule has 0 aliphatic rings. The number of hydrogen-bond donors (Lipinski definition) is 4. The number of aryl methyl sites for hydroxylation is 3. The standard InChI is InChI=1S/C18H14FN3O.C17H11Cl2N3O/c1-9-5-12(3-4-15(9)19)14-7-11(8-20)6-13-10(2)16(18(21)23)22-17(13)14;1-8-12-4-9(7-20)5-13(16(12)22-15(8)17(21)23)11-3-2-10(18)6-14(11)19/h3-7,22H,1-2H3,(H2,21,23);2-6,22H,1H3,(H2,21,23). The Morgan fingerprint density at radius 2 is 1.24 bits per heavy atom. The first-order valence-corrected chi connectivity index (χ1v) is 14.5. The molecule has 6 rings (SSSR count). The molecule has 6 aromatic rings. The van der Waals surface area contributed by atoms with Gasteiger partial charge in [-0.15, -0.1) is 0 Å². The van der Waals surface area contributed by atoms with E-state index in [1.165, 1.54) is 6.07 Å². The van der Waals surface area contributed by atoms with Crippen molar-refractivity contribution < 1.29 is 14.0 Å². The highest BCUT2D eigenvalue weighted by molar-refractivity contribution is 6.36. The summed E-state index contributed by atoms with van der Waals surface area (Å²) in [6.45, 7) is 5.24. The zero-order valence-corrected chi connectivity index (χ0v) is 26.3. The lowest BCUT2D eigenvalue weighted by atomic mass is 9.97. The molecule has 0 fully saturated rings. The van der Waals surface area contributed by atoms with Crippen molar-refractivity contribution in [3.8, 4) is 34.4 Å². The van der Waals surface area contributed by atoms with E-state index in [9.17, 15) is 24.5 Å². The molecule has 0 saturated heterocycles. The molecule has 0 unspecified atom stereocenters. The molecule has 228 valence electrons. The van der Waals surface area contributed by atoms with Gasteiger partial charge in [-0.2, -0.15) is 10.5 Å². The second-order valence-electron chi connectivity index (χ2n) is 10.7. The molecule has 0 bridgehead atoms. The van der Waals surface area contributed by atoms with E-state index in [-0.39, 0.29) is 5.82 Å². The van der Waals surface area contributed by atoms with E-state index in [0.29, 0.717) is 60.3 Å². The Bertz CT molecular complexity index is 2320. The molecule has 2 amide bonds. The van der Waals surface area contributed by atoms with Crippen LogP contribution in [0.5, 0.6) is 0 Å². The van der Waals surface area contributed by atoms with Gasteiger partial charge in [0, 0.05) is 37.5 Å². The van der Waals surface area contributed by atoms with Crippen molar-refractivity contribution in [2.45, 2.75) is 20.8 Å². The second-order valence-corrected chi connectivity index (χ2v) is 11.5. The van der Waals surface area contributed by atoms with Gasteiger partial charge in [0.1, 0.15) is 17.2 Å². The first-order valence-electron chi connectivity index (χ1n) is 13.8. The number of nitrogens with zero attached hydrogens (tertiary/aromatic N) is 2. The number of aromatic nitrogens is 2. The van der Waals surface area contributed by atoms with Crippen molar-refractivity contribution in [3.05, 3.63) is 116 Å². The largest absolute Gasteiger partial charge is 0.364 e. The van der Waals surface area contributed by atoms with E-state index in [1.54, 1.807) is 75.4 Å². The minimum absolute atomic E-state index is 0.290. The molecule has 2 heterocycles. The molecule has 46 heavy (non-hydrogen) atoms. The van der Waals surface area contributed by atoms with Gasteiger partial charge in [-0.1, -0.05) is 35.3 Å². The number of fused-ring (bicyclic) bond motifs is 2. The summed E-state index contributed by atoms with van der Waals surface area (Å²) in [5, 5.41) is 21.0. The van der Waals surface area contributed by atoms with Crippen LogP contribution < -0.4 is 11.5 Å². The molecule has 0 aliphatic carbocycles. The van der Waals surface area contributed by atoms with E-state index in [2.05, 4.69) is 22.1 Å². The third-order valence-electron chi connectivity index (χ3n) is 7.78. The Kier molecular flexibility index (Phi) is 8.58. The van der Waals surface area contributed by atoms with E-state index in [0.717, 1.165) is 33.0 Å². The number of rotatable bonds is 4. The highest BCUT2D eigenvalue weighted by Gasteiger charge is 2.19. The molecule has 6 N–H and O–H groups in total. The lowest BCUT2D eigenvalue weighted by molar-refractivity contribution is 0.0987. The molecule has 0 spiro atoms. The molecule has 4 aromatic carbocycles. The quantitative estimate of drug-likeness (QED) is 0.152. The van der Waals surface area contributed by atoms with Crippen LogP contribution >= 0.6 is 23.2 Å². The summed E-state index contributed by atoms with van der Waals surface area (Å²) < 4.78 is 13.5. The van der Waals surface area contributed by atoms with E-state index < -0.39 is 11.8 Å². The third kappa shape index (κ3) is 5.78. The maximum Gasteiger partial charge on any atom is 0.265 e. The number of H-pyrrole nitrogens is 2. The SMILES string of the molecule is Cc1c(C(N)=O)[nH]c2c(-c3ccc(Cl)cc3Cl)cc(C#N)cc12.Cc1cc(-c2cc(C#N)cc3c(C)c(C(N)=O)[nH]c23)ccc1F. The third-order valence-corrected chi connectivity index (χ3v) is 8.32. The summed E-state index contributed by atoms with van der Waals surface area (Å²) in [7, 11) is 0. The zero-order valence-electron chi connectivity index (χ0n) is 24.8. The van der Waals surface area contributed by atoms with E-state index in [1.807, 2.05) is 0 Å². The number of nitriles is 2. The van der Waals surface area contributed by atoms with E-state index in [4.69, 9.17) is 34.7 Å². The molecule has 0 atom stereocenters. The van der Waals surface area contributed by atoms with Crippen molar-refractivity contribution >= 4 is 56.8 Å². The van der Waals surface area contributed by atoms with E-state index >= 15 is 0 Å². The number of primary amides is 2. The predicted octanol–water partition coefficient (Wildman–Crippen LogP) is 7.98. The molecule has 2 aromatic heterocycles. The summed E-state index contributed by atoms with van der Waals surface area (Å²) >= 11 is 12.2. The van der Waals surface area contributed by atoms with Crippen molar-refractivity contribution in [1.82, 2.24) is 9.97 Å². The number of benzene rings is 4. The number of carbonyl (C=O) groups excluding carboxylic acids is 2. The Morgan fingerprint density at radius 1 is 0.717 bits per heavy atom. The number of nitrogens with one attached hydrogen (secondary N) is 2. The number of amides is 2. The van der Waals surface area contributed by atoms with Gasteiger partial charge in [0.15, 0.2) is 0 Å². The monoisotopic (exact) mass is 650 g/mol. The minimum Gasteiger partial charge on any atom is -0.364 e. The second kappa shape index (κ2) is 12.4. The van der Waals surface area contributed by atoms with Crippen molar-refractivity contribution in [2.75, 3.05) is 0 Å². The summed E-state index contributed by atoms with van der Waals surface area (Å²) in [4.78, 5) is 29.2. The predicted molar refractivity (Wildman–Crippen MR) is 178 cm³/mol. The van der Waals surface area contributed by atoms with Crippen molar-refractivity contribution in [2.24, 2.45) is 11.5 Å². The first-order chi connectivity index (χ1) is 21.8. The van der Waals surface area contributed by atoms with Gasteiger partial charge in [0.05, 0.1) is 34.3 Å². The normalized spacial score (nSPS) is 10.7. The van der Waals surface area contributed by atoms with Crippen LogP contribution in [0.3, 0.4) is 0 Å². The molecular weight excluding hydrogens is 626 g/mol. The number of hydrogen-bond acceptors (Lipinski definition) is 4. The Labute approximate surface area is 273 Å². The van der Waals surface area contributed by atoms with Crippen molar-refractivity contribution in [3.63, 3.8) is 0 Å². The van der Waals surface area contributed by atoms with Crippen LogP contribution in [0, 0.1) is 49.3 Å². The fourth-order valence-electron chi connectivity index (χ4n) is 5.43. The Morgan fingerprint density at radius 3 is 1.72 bits per heavy atom. The van der Waals surface area contributed by atoms with Crippen LogP contribution in [0.2, 0.25) is 10.0 Å². The molecule has 8 nitrogen and oxygen atoms in total. The number of carbonyl (C=O) groups is 2. The average Bonchev–Trinajstić information content (AvgIpc) is 3.54. The highest BCUT2D eigenvalue weighted by atomic mass is 35.5. The minimum atomic E-state index is -0.557. The van der Waals surface area contributed by atoms with Gasteiger partial charge in [-0.3, -0.25) is 9.59 Å². The van der Waals surface area contributed by atoms with Crippen LogP contribution in [0.15, 0.2) is 60.7 Å². The Balaban J connectivity index is 0.000000181. The van der Waals surface area contributed by atoms with Gasteiger partial charge >= 0.3 is 0 Å². The zero-order chi connectivity index (χ0) is 33.4. The summed E-state index contributed by atoms with van der Waals surface area (Å²) in [6.07, 6.45) is 0. The number of aromatic amines is 2. The maximum atomic E-state index is 13.5. The molecular formula is C35H25Cl2FN6O2. The highest BCUT2D eigenvalue weighted by Crippen LogP contribution is 2.37. The molecule has 0 saturated carbocycles. The molecule has 0 radical (unpaired) electrons. The van der Waals surface area contributed by atoms with Crippen LogP contribution in [-0.2, 0) is 0 Å². The Hall–Kier alpha value is -5.61.